The predicted octanol–water partition coefficient (Wildman–Crippen LogP) is 1.91. The molecule has 3 N–H and O–H groups in total. The topological polar surface area (TPSA) is 50.9 Å². The van der Waals surface area contributed by atoms with Crippen molar-refractivity contribution in [2.24, 2.45) is 0 Å². The van der Waals surface area contributed by atoms with Gasteiger partial charge in [0.1, 0.15) is 0 Å². The van der Waals surface area contributed by atoms with Crippen LogP contribution in [0.4, 0.5) is 20.4 Å². The van der Waals surface area contributed by atoms with E-state index in [2.05, 4.69) is 10.3 Å². The van der Waals surface area contributed by atoms with E-state index < -0.39 is 11.6 Å². The molecule has 2 rings (SSSR count). The van der Waals surface area contributed by atoms with E-state index in [1.165, 1.54) is 0 Å². The van der Waals surface area contributed by atoms with Gasteiger partial charge < -0.3 is 11.1 Å². The quantitative estimate of drug-likeness (QED) is 0.764. The molecule has 0 amide bonds. The number of hydrogen-bond acceptors (Lipinski definition) is 3. The summed E-state index contributed by atoms with van der Waals surface area (Å²) in [6.07, 6.45) is 1.93. The van der Waals surface area contributed by atoms with E-state index >= 15 is 0 Å². The van der Waals surface area contributed by atoms with Crippen LogP contribution in [0.3, 0.4) is 0 Å². The van der Waals surface area contributed by atoms with Gasteiger partial charge in [0.25, 0.3) is 0 Å². The molecule has 0 aliphatic heterocycles. The van der Waals surface area contributed by atoms with Crippen LogP contribution in [0.15, 0.2) is 6.07 Å². The molecule has 0 bridgehead atoms. The molecular weight excluding hydrogens is 188 g/mol. The van der Waals surface area contributed by atoms with Crippen molar-refractivity contribution in [2.45, 2.75) is 25.3 Å². The van der Waals surface area contributed by atoms with Crippen molar-refractivity contribution in [2.75, 3.05) is 11.1 Å². The minimum absolute atomic E-state index is 0.0314. The standard InChI is InChI=1S/C9H11F2N3/c1-9(2-3-9)14-8-6(11)4-5(10)7(12)13-8/h4H,2-3H2,1H3,(H3,12,13,14). The van der Waals surface area contributed by atoms with Gasteiger partial charge in [0, 0.05) is 11.6 Å². The number of nitrogens with zero attached hydrogens (tertiary/aromatic N) is 1. The molecule has 0 radical (unpaired) electrons. The van der Waals surface area contributed by atoms with Crippen LogP contribution in [-0.4, -0.2) is 10.5 Å². The first-order valence-electron chi connectivity index (χ1n) is 4.40. The third kappa shape index (κ3) is 1.62. The highest BCUT2D eigenvalue weighted by Gasteiger charge is 2.38. The predicted molar refractivity (Wildman–Crippen MR) is 49.8 cm³/mol. The number of anilines is 2. The number of nitrogens with one attached hydrogen (secondary N) is 1. The largest absolute Gasteiger partial charge is 0.381 e. The van der Waals surface area contributed by atoms with Crippen LogP contribution in [0.25, 0.3) is 0 Å². The smallest absolute Gasteiger partial charge is 0.168 e. The fourth-order valence-electron chi connectivity index (χ4n) is 1.17. The van der Waals surface area contributed by atoms with Crippen molar-refractivity contribution in [3.63, 3.8) is 0 Å². The van der Waals surface area contributed by atoms with Crippen molar-refractivity contribution in [1.82, 2.24) is 4.98 Å². The van der Waals surface area contributed by atoms with Crippen LogP contribution in [0.5, 0.6) is 0 Å². The van der Waals surface area contributed by atoms with Crippen LogP contribution in [-0.2, 0) is 0 Å². The van der Waals surface area contributed by atoms with Crippen molar-refractivity contribution < 1.29 is 8.78 Å². The zero-order valence-corrected chi connectivity index (χ0v) is 7.77. The van der Waals surface area contributed by atoms with E-state index in [-0.39, 0.29) is 17.2 Å². The Labute approximate surface area is 80.3 Å². The fraction of sp³-hybridized carbons (Fsp3) is 0.444. The van der Waals surface area contributed by atoms with Gasteiger partial charge in [0.15, 0.2) is 23.3 Å². The molecule has 3 nitrogen and oxygen atoms in total. The molecule has 1 aliphatic rings. The highest BCUT2D eigenvalue weighted by Crippen LogP contribution is 2.38. The van der Waals surface area contributed by atoms with Crippen LogP contribution < -0.4 is 11.1 Å². The normalized spacial score (nSPS) is 17.9. The van der Waals surface area contributed by atoms with Crippen molar-refractivity contribution >= 4 is 11.6 Å². The lowest BCUT2D eigenvalue weighted by Crippen LogP contribution is -2.18. The molecule has 0 atom stereocenters. The summed E-state index contributed by atoms with van der Waals surface area (Å²) in [5.74, 6) is -1.78. The third-order valence-electron chi connectivity index (χ3n) is 2.38. The van der Waals surface area contributed by atoms with Crippen LogP contribution >= 0.6 is 0 Å². The lowest BCUT2D eigenvalue weighted by molar-refractivity contribution is 0.577. The Kier molecular flexibility index (Phi) is 1.83. The number of halogens is 2. The monoisotopic (exact) mass is 199 g/mol. The maximum absolute atomic E-state index is 13.2. The first-order valence-corrected chi connectivity index (χ1v) is 4.40. The zero-order valence-electron chi connectivity index (χ0n) is 7.77. The lowest BCUT2D eigenvalue weighted by atomic mass is 10.3. The van der Waals surface area contributed by atoms with Crippen LogP contribution in [0, 0.1) is 11.6 Å². The summed E-state index contributed by atoms with van der Waals surface area (Å²) in [4.78, 5) is 3.61. The number of aromatic nitrogens is 1. The van der Waals surface area contributed by atoms with Gasteiger partial charge in [-0.3, -0.25) is 0 Å². The Morgan fingerprint density at radius 2 is 2.07 bits per heavy atom. The SMILES string of the molecule is CC1(Nc2nc(N)c(F)cc2F)CC1. The van der Waals surface area contributed by atoms with Gasteiger partial charge in [-0.25, -0.2) is 13.8 Å². The van der Waals surface area contributed by atoms with Crippen LogP contribution in [0.2, 0.25) is 0 Å². The number of hydrogen-bond donors (Lipinski definition) is 2. The van der Waals surface area contributed by atoms with Gasteiger partial charge in [-0.05, 0) is 19.8 Å². The highest BCUT2D eigenvalue weighted by atomic mass is 19.1. The Balaban J connectivity index is 2.29. The van der Waals surface area contributed by atoms with E-state index in [1.807, 2.05) is 6.92 Å². The average Bonchev–Trinajstić information content (AvgIpc) is 2.80. The summed E-state index contributed by atoms with van der Waals surface area (Å²) in [5, 5.41) is 2.90. The van der Waals surface area contributed by atoms with Crippen LogP contribution in [0.1, 0.15) is 19.8 Å². The zero-order chi connectivity index (χ0) is 10.3. The Hall–Kier alpha value is -1.39. The highest BCUT2D eigenvalue weighted by molar-refractivity contribution is 5.47. The summed E-state index contributed by atoms with van der Waals surface area (Å²) in [7, 11) is 0. The van der Waals surface area contributed by atoms with Gasteiger partial charge in [-0.1, -0.05) is 0 Å². The average molecular weight is 199 g/mol. The molecule has 1 fully saturated rings. The first kappa shape index (κ1) is 9.18. The van der Waals surface area contributed by atoms with E-state index in [0.29, 0.717) is 0 Å². The van der Waals surface area contributed by atoms with Gasteiger partial charge >= 0.3 is 0 Å². The number of rotatable bonds is 2. The van der Waals surface area contributed by atoms with E-state index in [0.717, 1.165) is 18.9 Å². The molecule has 1 heterocycles. The van der Waals surface area contributed by atoms with Crippen molar-refractivity contribution in [3.05, 3.63) is 17.7 Å². The maximum Gasteiger partial charge on any atom is 0.168 e. The first-order chi connectivity index (χ1) is 6.50. The fourth-order valence-corrected chi connectivity index (χ4v) is 1.17. The van der Waals surface area contributed by atoms with Crippen molar-refractivity contribution in [1.29, 1.82) is 0 Å². The molecule has 0 unspecified atom stereocenters. The number of pyridine rings is 1. The molecule has 0 aromatic carbocycles. The molecule has 14 heavy (non-hydrogen) atoms. The molecule has 5 heteroatoms. The van der Waals surface area contributed by atoms with E-state index in [1.54, 1.807) is 0 Å². The molecule has 1 aromatic rings. The number of nitrogens with two attached hydrogens (primary N) is 1. The molecule has 1 aliphatic carbocycles. The minimum atomic E-state index is -0.825. The molecule has 76 valence electrons. The second-order valence-electron chi connectivity index (χ2n) is 3.87. The summed E-state index contributed by atoms with van der Waals surface area (Å²) in [5.41, 5.74) is 5.14. The van der Waals surface area contributed by atoms with Gasteiger partial charge in [0.2, 0.25) is 0 Å². The third-order valence-corrected chi connectivity index (χ3v) is 2.38. The maximum atomic E-state index is 13.2. The summed E-state index contributed by atoms with van der Waals surface area (Å²) in [6, 6.07) is 0.746. The van der Waals surface area contributed by atoms with E-state index in [9.17, 15) is 8.78 Å². The summed E-state index contributed by atoms with van der Waals surface area (Å²) < 4.78 is 25.9. The summed E-state index contributed by atoms with van der Waals surface area (Å²) in [6.45, 7) is 1.95. The Morgan fingerprint density at radius 1 is 1.43 bits per heavy atom. The van der Waals surface area contributed by atoms with Gasteiger partial charge in [-0.15, -0.1) is 0 Å². The minimum Gasteiger partial charge on any atom is -0.381 e. The Bertz CT molecular complexity index is 375. The van der Waals surface area contributed by atoms with E-state index in [4.69, 9.17) is 5.73 Å². The second kappa shape index (κ2) is 2.80. The molecule has 0 spiro atoms. The van der Waals surface area contributed by atoms with Gasteiger partial charge in [0.05, 0.1) is 0 Å². The van der Waals surface area contributed by atoms with Gasteiger partial charge in [-0.2, -0.15) is 0 Å². The van der Waals surface area contributed by atoms with Crippen molar-refractivity contribution in [3.8, 4) is 0 Å². The summed E-state index contributed by atoms with van der Waals surface area (Å²) >= 11 is 0. The lowest BCUT2D eigenvalue weighted by Gasteiger charge is -2.13. The Morgan fingerprint density at radius 3 is 2.64 bits per heavy atom. The molecular formula is C9H11F2N3. The molecule has 1 aromatic heterocycles. The molecule has 1 saturated carbocycles. The molecule has 0 saturated heterocycles. The second-order valence-corrected chi connectivity index (χ2v) is 3.87. The number of nitrogen functional groups attached to an aromatic ring is 1.